The lowest BCUT2D eigenvalue weighted by Gasteiger charge is -2.08. The Kier molecular flexibility index (Phi) is 2.75. The van der Waals surface area contributed by atoms with Crippen molar-refractivity contribution in [3.8, 4) is 5.75 Å². The molecule has 1 aliphatic heterocycles. The molecule has 3 rings (SSSR count). The Morgan fingerprint density at radius 2 is 1.70 bits per heavy atom. The Labute approximate surface area is 114 Å². The first kappa shape index (κ1) is 12.3. The molecule has 0 radical (unpaired) electrons. The summed E-state index contributed by atoms with van der Waals surface area (Å²) in [6.07, 6.45) is 0. The normalized spacial score (nSPS) is 18.4. The van der Waals surface area contributed by atoms with E-state index in [1.54, 1.807) is 31.4 Å². The van der Waals surface area contributed by atoms with Crippen LogP contribution in [0.5, 0.6) is 5.75 Å². The number of hydrogen-bond donors (Lipinski definition) is 1. The summed E-state index contributed by atoms with van der Waals surface area (Å²) < 4.78 is 5.14. The van der Waals surface area contributed by atoms with Crippen molar-refractivity contribution < 1.29 is 19.1 Å². The van der Waals surface area contributed by atoms with Crippen LogP contribution in [0.2, 0.25) is 0 Å². The van der Waals surface area contributed by atoms with Gasteiger partial charge in [0.05, 0.1) is 7.11 Å². The number of ketones is 1. The topological polar surface area (TPSA) is 72.5 Å². The largest absolute Gasteiger partial charge is 0.497 e. The second-order valence-electron chi connectivity index (χ2n) is 4.59. The smallest absolute Gasteiger partial charge is 0.295 e. The highest BCUT2D eigenvalue weighted by Gasteiger charge is 2.41. The lowest BCUT2D eigenvalue weighted by molar-refractivity contribution is -0.135. The number of carbonyl (C=O) groups is 3. The highest BCUT2D eigenvalue weighted by molar-refractivity contribution is 6.50. The number of benzene rings is 2. The van der Waals surface area contributed by atoms with Crippen LogP contribution in [0.3, 0.4) is 0 Å². The zero-order chi connectivity index (χ0) is 14.3. The van der Waals surface area contributed by atoms with Gasteiger partial charge in [-0.3, -0.25) is 19.7 Å². The van der Waals surface area contributed by atoms with E-state index in [1.807, 2.05) is 17.4 Å². The van der Waals surface area contributed by atoms with E-state index in [2.05, 4.69) is 0 Å². The molecule has 1 unspecified atom stereocenters. The average molecular weight is 269 g/mol. The van der Waals surface area contributed by atoms with Crippen molar-refractivity contribution in [2.24, 2.45) is 0 Å². The maximum atomic E-state index is 11.7. The van der Waals surface area contributed by atoms with Gasteiger partial charge in [0.2, 0.25) is 11.7 Å². The standard InChI is InChI=1S/C15H11NO4/c1-20-11-5-4-8-6-10(3-2-9(8)7-11)12-13(17)15(19)16-14(12)18/h2-7,12H,1H3,(H,16,18,19). The molecule has 0 aliphatic carbocycles. The number of Topliss-reactive ketones (excluding diaryl/α,β-unsaturated/α-hetero) is 1. The summed E-state index contributed by atoms with van der Waals surface area (Å²) in [7, 11) is 1.59. The first-order valence-electron chi connectivity index (χ1n) is 6.07. The van der Waals surface area contributed by atoms with Crippen molar-refractivity contribution in [1.29, 1.82) is 0 Å². The molecule has 1 aliphatic rings. The van der Waals surface area contributed by atoms with Gasteiger partial charge in [0.15, 0.2) is 0 Å². The Balaban J connectivity index is 2.07. The molecule has 2 aromatic rings. The molecule has 0 saturated carbocycles. The number of hydrogen-bond acceptors (Lipinski definition) is 4. The van der Waals surface area contributed by atoms with Crippen molar-refractivity contribution in [2.45, 2.75) is 5.92 Å². The minimum Gasteiger partial charge on any atom is -0.497 e. The van der Waals surface area contributed by atoms with Gasteiger partial charge >= 0.3 is 0 Å². The second kappa shape index (κ2) is 4.45. The molecule has 100 valence electrons. The van der Waals surface area contributed by atoms with Crippen LogP contribution < -0.4 is 10.1 Å². The number of imide groups is 1. The van der Waals surface area contributed by atoms with Crippen molar-refractivity contribution in [3.05, 3.63) is 42.0 Å². The van der Waals surface area contributed by atoms with Crippen LogP contribution >= 0.6 is 0 Å². The van der Waals surface area contributed by atoms with Crippen LogP contribution in [-0.4, -0.2) is 24.7 Å². The van der Waals surface area contributed by atoms with Gasteiger partial charge in [-0.05, 0) is 34.5 Å². The Bertz CT molecular complexity index is 751. The monoisotopic (exact) mass is 269 g/mol. The highest BCUT2D eigenvalue weighted by atomic mass is 16.5. The van der Waals surface area contributed by atoms with Crippen molar-refractivity contribution in [1.82, 2.24) is 5.32 Å². The molecule has 0 aromatic heterocycles. The van der Waals surface area contributed by atoms with E-state index in [0.717, 1.165) is 16.5 Å². The van der Waals surface area contributed by atoms with Crippen molar-refractivity contribution >= 4 is 28.4 Å². The number of amides is 2. The fourth-order valence-corrected chi connectivity index (χ4v) is 2.35. The van der Waals surface area contributed by atoms with Crippen LogP contribution in [-0.2, 0) is 14.4 Å². The molecular weight excluding hydrogens is 258 g/mol. The van der Waals surface area contributed by atoms with E-state index in [9.17, 15) is 14.4 Å². The van der Waals surface area contributed by atoms with Gasteiger partial charge in [-0.15, -0.1) is 0 Å². The maximum absolute atomic E-state index is 11.7. The highest BCUT2D eigenvalue weighted by Crippen LogP contribution is 2.27. The number of ether oxygens (including phenoxy) is 1. The minimum atomic E-state index is -1.03. The van der Waals surface area contributed by atoms with Gasteiger partial charge in [-0.1, -0.05) is 18.2 Å². The fraction of sp³-hybridized carbons (Fsp3) is 0.133. The Hall–Kier alpha value is -2.69. The van der Waals surface area contributed by atoms with Crippen LogP contribution in [0.15, 0.2) is 36.4 Å². The molecule has 2 amide bonds. The van der Waals surface area contributed by atoms with E-state index in [0.29, 0.717) is 5.56 Å². The van der Waals surface area contributed by atoms with Crippen LogP contribution in [0, 0.1) is 0 Å². The molecule has 1 atom stereocenters. The molecule has 20 heavy (non-hydrogen) atoms. The third-order valence-electron chi connectivity index (χ3n) is 3.39. The lowest BCUT2D eigenvalue weighted by atomic mass is 9.94. The summed E-state index contributed by atoms with van der Waals surface area (Å²) in [6.45, 7) is 0. The number of fused-ring (bicyclic) bond motifs is 1. The third-order valence-corrected chi connectivity index (χ3v) is 3.39. The van der Waals surface area contributed by atoms with Crippen LogP contribution in [0.4, 0.5) is 0 Å². The maximum Gasteiger partial charge on any atom is 0.295 e. The van der Waals surface area contributed by atoms with Crippen LogP contribution in [0.25, 0.3) is 10.8 Å². The summed E-state index contributed by atoms with van der Waals surface area (Å²) in [5, 5.41) is 3.85. The first-order valence-corrected chi connectivity index (χ1v) is 6.07. The SMILES string of the molecule is COc1ccc2cc(C3C(=O)NC(=O)C3=O)ccc2c1. The van der Waals surface area contributed by atoms with E-state index in [4.69, 9.17) is 4.74 Å². The minimum absolute atomic E-state index is 0.524. The van der Waals surface area contributed by atoms with Gasteiger partial charge in [-0.25, -0.2) is 0 Å². The first-order chi connectivity index (χ1) is 9.60. The van der Waals surface area contributed by atoms with Gasteiger partial charge < -0.3 is 4.74 Å². The van der Waals surface area contributed by atoms with E-state index in [-0.39, 0.29) is 0 Å². The second-order valence-corrected chi connectivity index (χ2v) is 4.59. The summed E-state index contributed by atoms with van der Waals surface area (Å²) in [5.74, 6) is -2.41. The molecule has 1 N–H and O–H groups in total. The molecule has 0 bridgehead atoms. The van der Waals surface area contributed by atoms with Crippen LogP contribution in [0.1, 0.15) is 11.5 Å². The Morgan fingerprint density at radius 3 is 2.35 bits per heavy atom. The molecule has 2 aromatic carbocycles. The van der Waals surface area contributed by atoms with Gasteiger partial charge in [0.25, 0.3) is 5.91 Å². The zero-order valence-electron chi connectivity index (χ0n) is 10.7. The van der Waals surface area contributed by atoms with E-state index < -0.39 is 23.5 Å². The Morgan fingerprint density at radius 1 is 1.00 bits per heavy atom. The average Bonchev–Trinajstić information content (AvgIpc) is 2.71. The fourth-order valence-electron chi connectivity index (χ4n) is 2.35. The quantitative estimate of drug-likeness (QED) is 0.504. The molecule has 1 saturated heterocycles. The summed E-state index contributed by atoms with van der Waals surface area (Å²) in [4.78, 5) is 34.6. The molecule has 0 spiro atoms. The third kappa shape index (κ3) is 1.84. The number of methoxy groups -OCH3 is 1. The number of rotatable bonds is 2. The van der Waals surface area contributed by atoms with E-state index >= 15 is 0 Å². The summed E-state index contributed by atoms with van der Waals surface area (Å²) in [6, 6.07) is 10.7. The van der Waals surface area contributed by atoms with Gasteiger partial charge in [0, 0.05) is 0 Å². The molecule has 5 nitrogen and oxygen atoms in total. The van der Waals surface area contributed by atoms with Gasteiger partial charge in [-0.2, -0.15) is 0 Å². The predicted octanol–water partition coefficient (Wildman–Crippen LogP) is 1.16. The number of nitrogens with one attached hydrogen (secondary N) is 1. The molecule has 1 heterocycles. The lowest BCUT2D eigenvalue weighted by Crippen LogP contribution is -2.22. The predicted molar refractivity (Wildman–Crippen MR) is 71.4 cm³/mol. The summed E-state index contributed by atoms with van der Waals surface area (Å²) in [5.41, 5.74) is 0.524. The summed E-state index contributed by atoms with van der Waals surface area (Å²) >= 11 is 0. The number of carbonyl (C=O) groups excluding carboxylic acids is 3. The molecular formula is C15H11NO4. The molecule has 1 fully saturated rings. The zero-order valence-corrected chi connectivity index (χ0v) is 10.7. The van der Waals surface area contributed by atoms with Gasteiger partial charge in [0.1, 0.15) is 11.7 Å². The van der Waals surface area contributed by atoms with Crippen molar-refractivity contribution in [3.63, 3.8) is 0 Å². The molecule has 5 heteroatoms. The van der Waals surface area contributed by atoms with E-state index in [1.165, 1.54) is 0 Å². The van der Waals surface area contributed by atoms with Crippen molar-refractivity contribution in [2.75, 3.05) is 7.11 Å².